The number of nitrogens with zero attached hydrogens (tertiary/aromatic N) is 2. The smallest absolute Gasteiger partial charge is 0.274 e. The predicted molar refractivity (Wildman–Crippen MR) is 111 cm³/mol. The fraction of sp³-hybridized carbons (Fsp3) is 0.263. The largest absolute Gasteiger partial charge is 0.467 e. The molecule has 4 rings (SSSR count). The summed E-state index contributed by atoms with van der Waals surface area (Å²) >= 11 is 19.7. The van der Waals surface area contributed by atoms with E-state index in [0.717, 1.165) is 23.1 Å². The molecule has 0 bridgehead atoms. The molecule has 3 aromatic rings. The highest BCUT2D eigenvalue weighted by Gasteiger charge is 2.26. The van der Waals surface area contributed by atoms with Gasteiger partial charge in [0.15, 0.2) is 0 Å². The SMILES string of the molecule is O=C(c1cc(Cl)cc(Cl)c1)N1CCC(Oc2nc3c(Cl)cccc3s2)CC1. The van der Waals surface area contributed by atoms with Crippen LogP contribution in [0.2, 0.25) is 15.1 Å². The van der Waals surface area contributed by atoms with E-state index in [9.17, 15) is 4.79 Å². The highest BCUT2D eigenvalue weighted by molar-refractivity contribution is 7.20. The van der Waals surface area contributed by atoms with Crippen molar-refractivity contribution >= 4 is 62.3 Å². The second-order valence-electron chi connectivity index (χ2n) is 6.33. The van der Waals surface area contributed by atoms with Gasteiger partial charge in [0.1, 0.15) is 11.6 Å². The zero-order chi connectivity index (χ0) is 19.0. The number of thiazole rings is 1. The Kier molecular flexibility index (Phi) is 5.46. The van der Waals surface area contributed by atoms with Gasteiger partial charge in [-0.1, -0.05) is 52.2 Å². The number of aromatic nitrogens is 1. The summed E-state index contributed by atoms with van der Waals surface area (Å²) in [7, 11) is 0. The lowest BCUT2D eigenvalue weighted by molar-refractivity contribution is 0.0595. The van der Waals surface area contributed by atoms with Crippen LogP contribution in [0.25, 0.3) is 10.2 Å². The lowest BCUT2D eigenvalue weighted by Gasteiger charge is -2.31. The maximum absolute atomic E-state index is 12.7. The first-order valence-electron chi connectivity index (χ1n) is 8.46. The number of hydrogen-bond acceptors (Lipinski definition) is 4. The molecule has 1 fully saturated rings. The minimum atomic E-state index is -0.0652. The second kappa shape index (κ2) is 7.84. The molecule has 0 unspecified atom stereocenters. The summed E-state index contributed by atoms with van der Waals surface area (Å²) in [6.07, 6.45) is 1.50. The van der Waals surface area contributed by atoms with Gasteiger partial charge < -0.3 is 9.64 Å². The number of halogens is 3. The molecule has 1 aliphatic rings. The number of rotatable bonds is 3. The van der Waals surface area contributed by atoms with E-state index in [4.69, 9.17) is 39.5 Å². The molecule has 2 aromatic carbocycles. The summed E-state index contributed by atoms with van der Waals surface area (Å²) in [5.74, 6) is -0.0652. The molecule has 1 aliphatic heterocycles. The van der Waals surface area contributed by atoms with Crippen molar-refractivity contribution in [1.82, 2.24) is 9.88 Å². The fourth-order valence-corrected chi connectivity index (χ4v) is 4.83. The van der Waals surface area contributed by atoms with Crippen molar-refractivity contribution in [3.63, 3.8) is 0 Å². The number of carbonyl (C=O) groups excluding carboxylic acids is 1. The standard InChI is InChI=1S/C19H15Cl3N2O2S/c20-12-8-11(9-13(21)10-12)18(25)24-6-4-14(5-7-24)26-19-23-17-15(22)2-1-3-16(17)27-19/h1-3,8-10,14H,4-7H2. The zero-order valence-corrected chi connectivity index (χ0v) is 17.2. The van der Waals surface area contributed by atoms with Gasteiger partial charge >= 0.3 is 0 Å². The van der Waals surface area contributed by atoms with Crippen LogP contribution in [0.4, 0.5) is 0 Å². The molecular formula is C19H15Cl3N2O2S. The average Bonchev–Trinajstić information content (AvgIpc) is 3.05. The summed E-state index contributed by atoms with van der Waals surface area (Å²) in [6.45, 7) is 1.22. The molecule has 1 saturated heterocycles. The normalized spacial score (nSPS) is 15.3. The van der Waals surface area contributed by atoms with E-state index in [1.54, 1.807) is 23.1 Å². The molecule has 27 heavy (non-hydrogen) atoms. The van der Waals surface area contributed by atoms with Crippen LogP contribution in [0.5, 0.6) is 5.19 Å². The lowest BCUT2D eigenvalue weighted by Crippen LogP contribution is -2.41. The van der Waals surface area contributed by atoms with Crippen molar-refractivity contribution in [3.05, 3.63) is 57.0 Å². The maximum atomic E-state index is 12.7. The molecule has 1 aromatic heterocycles. The Labute approximate surface area is 175 Å². The van der Waals surface area contributed by atoms with E-state index in [-0.39, 0.29) is 12.0 Å². The van der Waals surface area contributed by atoms with E-state index in [1.807, 2.05) is 18.2 Å². The fourth-order valence-electron chi connectivity index (χ4n) is 3.12. The minimum absolute atomic E-state index is 0.0244. The Hall–Kier alpha value is -1.53. The monoisotopic (exact) mass is 440 g/mol. The third-order valence-electron chi connectivity index (χ3n) is 4.46. The molecule has 8 heteroatoms. The molecule has 1 amide bonds. The maximum Gasteiger partial charge on any atom is 0.274 e. The molecule has 0 radical (unpaired) electrons. The highest BCUT2D eigenvalue weighted by atomic mass is 35.5. The number of likely N-dealkylation sites (tertiary alicyclic amines) is 1. The first-order chi connectivity index (χ1) is 13.0. The molecule has 140 valence electrons. The van der Waals surface area contributed by atoms with Crippen molar-refractivity contribution in [3.8, 4) is 5.19 Å². The van der Waals surface area contributed by atoms with Gasteiger partial charge in [0.25, 0.3) is 11.1 Å². The quantitative estimate of drug-likeness (QED) is 0.505. The molecule has 0 aliphatic carbocycles. The van der Waals surface area contributed by atoms with Crippen LogP contribution in [0.15, 0.2) is 36.4 Å². The number of ether oxygens (including phenoxy) is 1. The molecule has 2 heterocycles. The van der Waals surface area contributed by atoms with E-state index in [0.29, 0.717) is 38.9 Å². The topological polar surface area (TPSA) is 42.4 Å². The number of piperidine rings is 1. The Bertz CT molecular complexity index is 980. The van der Waals surface area contributed by atoms with Crippen LogP contribution in [0, 0.1) is 0 Å². The van der Waals surface area contributed by atoms with Gasteiger partial charge in [-0.25, -0.2) is 4.98 Å². The highest BCUT2D eigenvalue weighted by Crippen LogP contribution is 2.33. The molecule has 0 saturated carbocycles. The molecular weight excluding hydrogens is 427 g/mol. The van der Waals surface area contributed by atoms with E-state index < -0.39 is 0 Å². The van der Waals surface area contributed by atoms with Crippen molar-refractivity contribution in [2.45, 2.75) is 18.9 Å². The van der Waals surface area contributed by atoms with Crippen molar-refractivity contribution in [2.75, 3.05) is 13.1 Å². The molecule has 0 N–H and O–H groups in total. The van der Waals surface area contributed by atoms with Crippen LogP contribution in [-0.2, 0) is 0 Å². The molecule has 4 nitrogen and oxygen atoms in total. The Morgan fingerprint density at radius 2 is 1.81 bits per heavy atom. The van der Waals surface area contributed by atoms with Crippen LogP contribution < -0.4 is 4.74 Å². The Morgan fingerprint density at radius 3 is 2.48 bits per heavy atom. The van der Waals surface area contributed by atoms with Gasteiger partial charge in [-0.05, 0) is 30.3 Å². The lowest BCUT2D eigenvalue weighted by atomic mass is 10.1. The second-order valence-corrected chi connectivity index (χ2v) is 8.61. The van der Waals surface area contributed by atoms with E-state index >= 15 is 0 Å². The van der Waals surface area contributed by atoms with E-state index in [2.05, 4.69) is 4.98 Å². The molecule has 0 spiro atoms. The van der Waals surface area contributed by atoms with Gasteiger partial charge in [0.05, 0.1) is 9.72 Å². The third kappa shape index (κ3) is 4.16. The van der Waals surface area contributed by atoms with Crippen LogP contribution in [0.1, 0.15) is 23.2 Å². The first-order valence-corrected chi connectivity index (χ1v) is 10.4. The van der Waals surface area contributed by atoms with Gasteiger partial charge in [0.2, 0.25) is 0 Å². The summed E-state index contributed by atoms with van der Waals surface area (Å²) < 4.78 is 7.04. The summed E-state index contributed by atoms with van der Waals surface area (Å²) in [6, 6.07) is 10.6. The average molecular weight is 442 g/mol. The number of amides is 1. The first kappa shape index (κ1) is 18.8. The van der Waals surface area contributed by atoms with Gasteiger partial charge in [-0.2, -0.15) is 0 Å². The van der Waals surface area contributed by atoms with Crippen LogP contribution >= 0.6 is 46.1 Å². The number of fused-ring (bicyclic) bond motifs is 1. The zero-order valence-electron chi connectivity index (χ0n) is 14.1. The van der Waals surface area contributed by atoms with Crippen molar-refractivity contribution < 1.29 is 9.53 Å². The van der Waals surface area contributed by atoms with Gasteiger partial charge in [-0.3, -0.25) is 4.79 Å². The van der Waals surface area contributed by atoms with E-state index in [1.165, 1.54) is 11.3 Å². The number of benzene rings is 2. The Morgan fingerprint density at radius 1 is 1.11 bits per heavy atom. The summed E-state index contributed by atoms with van der Waals surface area (Å²) in [4.78, 5) is 19.0. The van der Waals surface area contributed by atoms with Crippen LogP contribution in [0.3, 0.4) is 0 Å². The van der Waals surface area contributed by atoms with Gasteiger partial charge in [0, 0.05) is 41.5 Å². The summed E-state index contributed by atoms with van der Waals surface area (Å²) in [5, 5.41) is 2.15. The number of hydrogen-bond donors (Lipinski definition) is 0. The summed E-state index contributed by atoms with van der Waals surface area (Å²) in [5.41, 5.74) is 1.28. The number of carbonyl (C=O) groups is 1. The molecule has 0 atom stereocenters. The number of para-hydroxylation sites is 1. The predicted octanol–water partition coefficient (Wildman–Crippen LogP) is 5.94. The Balaban J connectivity index is 1.39. The van der Waals surface area contributed by atoms with Crippen molar-refractivity contribution in [2.24, 2.45) is 0 Å². The van der Waals surface area contributed by atoms with Crippen molar-refractivity contribution in [1.29, 1.82) is 0 Å². The van der Waals surface area contributed by atoms with Crippen LogP contribution in [-0.4, -0.2) is 35.0 Å². The third-order valence-corrected chi connectivity index (χ3v) is 6.11. The van der Waals surface area contributed by atoms with Gasteiger partial charge in [-0.15, -0.1) is 0 Å². The minimum Gasteiger partial charge on any atom is -0.467 e.